The van der Waals surface area contributed by atoms with Gasteiger partial charge < -0.3 is 4.52 Å². The summed E-state index contributed by atoms with van der Waals surface area (Å²) < 4.78 is 5.84. The van der Waals surface area contributed by atoms with Crippen molar-refractivity contribution in [2.24, 2.45) is 0 Å². The van der Waals surface area contributed by atoms with Gasteiger partial charge in [0.05, 0.1) is 5.92 Å². The Balaban J connectivity index is 1.99. The van der Waals surface area contributed by atoms with Crippen molar-refractivity contribution in [3.63, 3.8) is 0 Å². The number of benzene rings is 1. The summed E-state index contributed by atoms with van der Waals surface area (Å²) >= 11 is 2.06. The van der Waals surface area contributed by atoms with Crippen LogP contribution in [0, 0.1) is 3.83 Å². The molecule has 1 aliphatic rings. The van der Waals surface area contributed by atoms with Crippen LogP contribution in [0.2, 0.25) is 0 Å². The molecular formula is C10H7IN2O. The lowest BCUT2D eigenvalue weighted by molar-refractivity contribution is 0.353. The molecule has 0 saturated carbocycles. The maximum absolute atomic E-state index is 5.16. The molecule has 0 aliphatic heterocycles. The van der Waals surface area contributed by atoms with Gasteiger partial charge in [-0.05, 0) is 17.5 Å². The number of rotatable bonds is 1. The van der Waals surface area contributed by atoms with Gasteiger partial charge in [-0.1, -0.05) is 29.4 Å². The Morgan fingerprint density at radius 2 is 2.21 bits per heavy atom. The van der Waals surface area contributed by atoms with E-state index in [9.17, 15) is 0 Å². The number of hydrogen-bond acceptors (Lipinski definition) is 3. The fourth-order valence-corrected chi connectivity index (χ4v) is 2.17. The molecule has 1 aromatic heterocycles. The Morgan fingerprint density at radius 1 is 1.36 bits per heavy atom. The fraction of sp³-hybridized carbons (Fsp3) is 0.200. The average molecular weight is 298 g/mol. The van der Waals surface area contributed by atoms with Crippen LogP contribution in [-0.4, -0.2) is 10.1 Å². The maximum atomic E-state index is 5.16. The van der Waals surface area contributed by atoms with Gasteiger partial charge in [0, 0.05) is 22.6 Å². The number of fused-ring (bicyclic) bond motifs is 1. The summed E-state index contributed by atoms with van der Waals surface area (Å²) in [6.07, 6.45) is 1.02. The highest BCUT2D eigenvalue weighted by Gasteiger charge is 2.31. The van der Waals surface area contributed by atoms with E-state index in [1.54, 1.807) is 0 Å². The largest absolute Gasteiger partial charge is 0.338 e. The van der Waals surface area contributed by atoms with Crippen molar-refractivity contribution < 1.29 is 4.52 Å². The molecule has 1 atom stereocenters. The molecule has 1 heterocycles. The van der Waals surface area contributed by atoms with Gasteiger partial charge in [-0.3, -0.25) is 0 Å². The zero-order chi connectivity index (χ0) is 9.54. The first-order valence-corrected chi connectivity index (χ1v) is 5.49. The van der Waals surface area contributed by atoms with Gasteiger partial charge in [-0.15, -0.1) is 0 Å². The summed E-state index contributed by atoms with van der Waals surface area (Å²) in [5, 5.41) is 3.79. The Kier molecular flexibility index (Phi) is 1.83. The highest BCUT2D eigenvalue weighted by Crippen LogP contribution is 2.38. The second kappa shape index (κ2) is 3.05. The van der Waals surface area contributed by atoms with Crippen LogP contribution >= 0.6 is 22.6 Å². The van der Waals surface area contributed by atoms with E-state index in [1.807, 2.05) is 6.07 Å². The lowest BCUT2D eigenvalue weighted by atomic mass is 9.77. The molecule has 0 amide bonds. The minimum Gasteiger partial charge on any atom is -0.338 e. The zero-order valence-corrected chi connectivity index (χ0v) is 9.43. The minimum atomic E-state index is 0.321. The Bertz CT molecular complexity index is 480. The van der Waals surface area contributed by atoms with Gasteiger partial charge in [-0.2, -0.15) is 4.98 Å². The van der Waals surface area contributed by atoms with E-state index in [-0.39, 0.29) is 0 Å². The van der Waals surface area contributed by atoms with Crippen LogP contribution in [0.15, 0.2) is 28.8 Å². The predicted molar refractivity (Wildman–Crippen MR) is 59.0 cm³/mol. The molecule has 1 aromatic carbocycles. The Morgan fingerprint density at radius 3 is 2.93 bits per heavy atom. The van der Waals surface area contributed by atoms with Gasteiger partial charge in [0.25, 0.3) is 0 Å². The number of nitrogens with zero attached hydrogens (tertiary/aromatic N) is 2. The van der Waals surface area contributed by atoms with Gasteiger partial charge in [0.2, 0.25) is 9.72 Å². The SMILES string of the molecule is Ic1noc(C2Cc3ccccc32)n1. The van der Waals surface area contributed by atoms with Crippen LogP contribution in [-0.2, 0) is 6.42 Å². The van der Waals surface area contributed by atoms with Crippen LogP contribution in [0.25, 0.3) is 0 Å². The molecule has 1 unspecified atom stereocenters. The lowest BCUT2D eigenvalue weighted by Gasteiger charge is -2.26. The van der Waals surface area contributed by atoms with E-state index >= 15 is 0 Å². The molecule has 3 rings (SSSR count). The molecule has 0 saturated heterocycles. The van der Waals surface area contributed by atoms with Crippen molar-refractivity contribution in [1.82, 2.24) is 10.1 Å². The van der Waals surface area contributed by atoms with E-state index in [0.29, 0.717) is 9.75 Å². The van der Waals surface area contributed by atoms with Crippen molar-refractivity contribution in [1.29, 1.82) is 0 Å². The Labute approximate surface area is 94.7 Å². The normalized spacial score (nSPS) is 18.8. The van der Waals surface area contributed by atoms with Crippen LogP contribution in [0.4, 0.5) is 0 Å². The zero-order valence-electron chi connectivity index (χ0n) is 7.27. The summed E-state index contributed by atoms with van der Waals surface area (Å²) in [4.78, 5) is 4.24. The molecule has 2 aromatic rings. The molecule has 0 spiro atoms. The molecular weight excluding hydrogens is 291 g/mol. The smallest absolute Gasteiger partial charge is 0.235 e. The third kappa shape index (κ3) is 1.17. The van der Waals surface area contributed by atoms with E-state index in [4.69, 9.17) is 4.52 Å². The van der Waals surface area contributed by atoms with Crippen LogP contribution in [0.1, 0.15) is 22.9 Å². The number of hydrogen-bond donors (Lipinski definition) is 0. The average Bonchev–Trinajstić information content (AvgIpc) is 2.54. The third-order valence-electron chi connectivity index (χ3n) is 2.57. The first kappa shape index (κ1) is 8.40. The Hall–Kier alpha value is -0.910. The summed E-state index contributed by atoms with van der Waals surface area (Å²) in [7, 11) is 0. The molecule has 14 heavy (non-hydrogen) atoms. The first-order valence-electron chi connectivity index (χ1n) is 4.41. The molecule has 70 valence electrons. The second-order valence-electron chi connectivity index (χ2n) is 3.36. The van der Waals surface area contributed by atoms with Crippen LogP contribution in [0.5, 0.6) is 0 Å². The highest BCUT2D eigenvalue weighted by molar-refractivity contribution is 14.1. The standard InChI is InChI=1S/C10H7IN2O/c11-10-12-9(14-13-10)8-5-6-3-1-2-4-7(6)8/h1-4,8H,5H2. The van der Waals surface area contributed by atoms with Crippen molar-refractivity contribution in [2.75, 3.05) is 0 Å². The van der Waals surface area contributed by atoms with E-state index in [0.717, 1.165) is 12.3 Å². The van der Waals surface area contributed by atoms with E-state index in [2.05, 4.69) is 50.9 Å². The second-order valence-corrected chi connectivity index (χ2v) is 4.32. The minimum absolute atomic E-state index is 0.321. The molecule has 4 heteroatoms. The topological polar surface area (TPSA) is 38.9 Å². The lowest BCUT2D eigenvalue weighted by Crippen LogP contribution is -2.18. The van der Waals surface area contributed by atoms with Crippen molar-refractivity contribution in [2.45, 2.75) is 12.3 Å². The summed E-state index contributed by atoms with van der Waals surface area (Å²) in [5.41, 5.74) is 2.72. The molecule has 0 N–H and O–H groups in total. The third-order valence-corrected chi connectivity index (χ3v) is 3.01. The summed E-state index contributed by atoms with van der Waals surface area (Å²) in [6.45, 7) is 0. The van der Waals surface area contributed by atoms with Crippen molar-refractivity contribution in [3.8, 4) is 0 Å². The monoisotopic (exact) mass is 298 g/mol. The molecule has 0 fully saturated rings. The highest BCUT2D eigenvalue weighted by atomic mass is 127. The number of aromatic nitrogens is 2. The summed E-state index contributed by atoms with van der Waals surface area (Å²) in [6, 6.07) is 8.38. The quantitative estimate of drug-likeness (QED) is 0.759. The van der Waals surface area contributed by atoms with E-state index in [1.165, 1.54) is 11.1 Å². The van der Waals surface area contributed by atoms with Gasteiger partial charge in [0.1, 0.15) is 0 Å². The van der Waals surface area contributed by atoms with Crippen LogP contribution < -0.4 is 0 Å². The molecule has 0 radical (unpaired) electrons. The van der Waals surface area contributed by atoms with Gasteiger partial charge in [-0.25, -0.2) is 0 Å². The van der Waals surface area contributed by atoms with Crippen molar-refractivity contribution >= 4 is 22.6 Å². The number of halogens is 1. The maximum Gasteiger partial charge on any atom is 0.235 e. The molecule has 3 nitrogen and oxygen atoms in total. The van der Waals surface area contributed by atoms with Crippen LogP contribution in [0.3, 0.4) is 0 Å². The predicted octanol–water partition coefficient (Wildman–Crippen LogP) is 2.36. The van der Waals surface area contributed by atoms with Gasteiger partial charge >= 0.3 is 0 Å². The first-order chi connectivity index (χ1) is 6.84. The summed E-state index contributed by atoms with van der Waals surface area (Å²) in [5.74, 6) is 1.07. The molecule has 1 aliphatic carbocycles. The molecule has 0 bridgehead atoms. The fourth-order valence-electron chi connectivity index (χ4n) is 1.84. The van der Waals surface area contributed by atoms with Crippen molar-refractivity contribution in [3.05, 3.63) is 45.1 Å². The van der Waals surface area contributed by atoms with Gasteiger partial charge in [0.15, 0.2) is 0 Å². The van der Waals surface area contributed by atoms with E-state index < -0.39 is 0 Å².